The van der Waals surface area contributed by atoms with E-state index in [-0.39, 0.29) is 18.9 Å². The Morgan fingerprint density at radius 1 is 1.35 bits per heavy atom. The Morgan fingerprint density at radius 2 is 2.00 bits per heavy atom. The molecule has 0 saturated carbocycles. The van der Waals surface area contributed by atoms with Crippen molar-refractivity contribution in [2.75, 3.05) is 19.7 Å². The number of aliphatic hydroxyl groups is 4. The molecule has 1 heterocycles. The molecule has 1 aliphatic heterocycles. The topological polar surface area (TPSA) is 153 Å². The number of nitrogens with two attached hydrogens (primary N) is 1. The quantitative estimate of drug-likeness (QED) is 0.220. The number of ether oxygens (including phenoxy) is 1. The SMILES string of the molecule is CC(=O)C(CCCCNC(=O)C(C)[18F])[NH2+]C[C@@]1(O)OCC(O)[C@@H](O)[C@@H]1O. The fraction of sp³-hybridized carbons (Fsp3) is 0.875. The molecule has 1 saturated heterocycles. The third-order valence-electron chi connectivity index (χ3n) is 4.50. The van der Waals surface area contributed by atoms with E-state index in [0.717, 1.165) is 6.92 Å². The van der Waals surface area contributed by atoms with Gasteiger partial charge in [0, 0.05) is 19.9 Å². The smallest absolute Gasteiger partial charge is 0.254 e. The van der Waals surface area contributed by atoms with Crippen molar-refractivity contribution in [2.45, 2.75) is 69.4 Å². The number of ketones is 1. The number of amides is 1. The lowest BCUT2D eigenvalue weighted by Gasteiger charge is -2.40. The van der Waals surface area contributed by atoms with Crippen molar-refractivity contribution in [3.05, 3.63) is 0 Å². The van der Waals surface area contributed by atoms with Gasteiger partial charge >= 0.3 is 0 Å². The van der Waals surface area contributed by atoms with Gasteiger partial charge < -0.3 is 35.8 Å². The first-order chi connectivity index (χ1) is 12.1. The van der Waals surface area contributed by atoms with Crippen LogP contribution in [0.5, 0.6) is 0 Å². The molecule has 0 aromatic carbocycles. The number of Topliss-reactive ketones (excluding diaryl/α,β-unsaturated/α-hetero) is 1. The Kier molecular flexibility index (Phi) is 9.01. The first-order valence-corrected chi connectivity index (χ1v) is 8.74. The molecule has 1 fully saturated rings. The van der Waals surface area contributed by atoms with Crippen LogP contribution in [0.25, 0.3) is 0 Å². The highest BCUT2D eigenvalue weighted by Gasteiger charge is 2.50. The maximum Gasteiger partial charge on any atom is 0.254 e. The third kappa shape index (κ3) is 6.53. The van der Waals surface area contributed by atoms with Crippen molar-refractivity contribution in [3.63, 3.8) is 0 Å². The van der Waals surface area contributed by atoms with Crippen molar-refractivity contribution in [3.8, 4) is 0 Å². The summed E-state index contributed by atoms with van der Waals surface area (Å²) >= 11 is 0. The number of hydrogen-bond acceptors (Lipinski definition) is 7. The van der Waals surface area contributed by atoms with Gasteiger partial charge in [-0.25, -0.2) is 4.39 Å². The van der Waals surface area contributed by atoms with E-state index in [0.29, 0.717) is 25.8 Å². The van der Waals surface area contributed by atoms with Gasteiger partial charge in [-0.1, -0.05) is 0 Å². The Morgan fingerprint density at radius 3 is 2.58 bits per heavy atom. The summed E-state index contributed by atoms with van der Waals surface area (Å²) in [5.41, 5.74) is 0. The van der Waals surface area contributed by atoms with Gasteiger partial charge in [-0.05, 0) is 19.8 Å². The molecule has 0 radical (unpaired) electrons. The van der Waals surface area contributed by atoms with Gasteiger partial charge in [0.1, 0.15) is 30.9 Å². The Balaban J connectivity index is 2.41. The molecule has 0 spiro atoms. The van der Waals surface area contributed by atoms with Crippen LogP contribution >= 0.6 is 0 Å². The second-order valence-corrected chi connectivity index (χ2v) is 6.72. The highest BCUT2D eigenvalue weighted by Crippen LogP contribution is 2.22. The summed E-state index contributed by atoms with van der Waals surface area (Å²) in [6.45, 7) is 2.32. The van der Waals surface area contributed by atoms with Crippen LogP contribution < -0.4 is 10.6 Å². The van der Waals surface area contributed by atoms with Crippen molar-refractivity contribution in [1.29, 1.82) is 0 Å². The van der Waals surface area contributed by atoms with Crippen molar-refractivity contribution in [1.82, 2.24) is 5.32 Å². The molecule has 7 N–H and O–H groups in total. The molecule has 1 aliphatic rings. The number of unbranched alkanes of at least 4 members (excludes halogenated alkanes) is 1. The number of alkyl halides is 1. The highest BCUT2D eigenvalue weighted by atomic mass is 18.2. The first-order valence-electron chi connectivity index (χ1n) is 8.74. The molecule has 3 unspecified atom stereocenters. The zero-order chi connectivity index (χ0) is 19.9. The number of halogens is 1. The molecule has 6 atom stereocenters. The van der Waals surface area contributed by atoms with Crippen LogP contribution in [0, 0.1) is 0 Å². The van der Waals surface area contributed by atoms with Crippen LogP contribution in [0.4, 0.5) is 4.39 Å². The summed E-state index contributed by atoms with van der Waals surface area (Å²) in [4.78, 5) is 22.8. The molecular weight excluding hydrogens is 350 g/mol. The maximum absolute atomic E-state index is 12.7. The summed E-state index contributed by atoms with van der Waals surface area (Å²) in [7, 11) is 0. The summed E-state index contributed by atoms with van der Waals surface area (Å²) in [6.07, 6.45) is -4.50. The summed E-state index contributed by atoms with van der Waals surface area (Å²) in [6, 6.07) is -0.505. The van der Waals surface area contributed by atoms with Crippen molar-refractivity contribution >= 4 is 11.7 Å². The third-order valence-corrected chi connectivity index (χ3v) is 4.50. The summed E-state index contributed by atoms with van der Waals surface area (Å²) < 4.78 is 17.7. The number of quaternary nitrogens is 1. The normalized spacial score (nSPS) is 31.3. The lowest BCUT2D eigenvalue weighted by molar-refractivity contribution is -0.700. The van der Waals surface area contributed by atoms with Gasteiger partial charge in [-0.2, -0.15) is 0 Å². The van der Waals surface area contributed by atoms with Gasteiger partial charge in [-0.15, -0.1) is 0 Å². The van der Waals surface area contributed by atoms with E-state index >= 15 is 0 Å². The minimum Gasteiger partial charge on any atom is -0.388 e. The van der Waals surface area contributed by atoms with E-state index in [1.54, 1.807) is 0 Å². The van der Waals surface area contributed by atoms with Gasteiger partial charge in [0.15, 0.2) is 12.0 Å². The van der Waals surface area contributed by atoms with Crippen LogP contribution in [0.3, 0.4) is 0 Å². The average Bonchev–Trinajstić information content (AvgIpc) is 2.58. The summed E-state index contributed by atoms with van der Waals surface area (Å²) in [5.74, 6) is -2.88. The number of hydrogen-bond donors (Lipinski definition) is 6. The Labute approximate surface area is 151 Å². The zero-order valence-electron chi connectivity index (χ0n) is 15.1. The van der Waals surface area contributed by atoms with E-state index in [4.69, 9.17) is 4.74 Å². The van der Waals surface area contributed by atoms with Gasteiger partial charge in [0.05, 0.1) is 6.61 Å². The molecule has 26 heavy (non-hydrogen) atoms. The molecule has 0 aromatic heterocycles. The van der Waals surface area contributed by atoms with Crippen LogP contribution in [-0.2, 0) is 14.3 Å². The average molecular weight is 380 g/mol. The van der Waals surface area contributed by atoms with Crippen molar-refractivity contribution < 1.29 is 44.5 Å². The lowest BCUT2D eigenvalue weighted by atomic mass is 9.96. The monoisotopic (exact) mass is 380 g/mol. The van der Waals surface area contributed by atoms with Crippen LogP contribution in [0.2, 0.25) is 0 Å². The molecule has 0 aliphatic carbocycles. The van der Waals surface area contributed by atoms with E-state index in [1.807, 2.05) is 0 Å². The Bertz CT molecular complexity index is 480. The minimum atomic E-state index is -2.07. The second-order valence-electron chi connectivity index (χ2n) is 6.72. The highest BCUT2D eigenvalue weighted by molar-refractivity contribution is 5.80. The second kappa shape index (κ2) is 10.2. The van der Waals surface area contributed by atoms with Crippen molar-refractivity contribution in [2.24, 2.45) is 0 Å². The van der Waals surface area contributed by atoms with Gasteiger partial charge in [-0.3, -0.25) is 9.59 Å². The van der Waals surface area contributed by atoms with Gasteiger partial charge in [0.2, 0.25) is 5.79 Å². The number of aliphatic hydroxyl groups excluding tert-OH is 3. The fourth-order valence-electron chi connectivity index (χ4n) is 2.71. The molecule has 0 aromatic rings. The standard InChI is InChI=1S/C16H29FN2O7/c1-9(17)15(24)18-6-4-3-5-11(10(2)20)19-8-16(25)14(23)13(22)12(21)7-26-16/h9,11-14,19,21-23,25H,3-8H2,1-2H3,(H,18,24)/p+1/t9?,11?,12?,13-,14+,16-/m1/s1/i17-1. The van der Waals surface area contributed by atoms with Gasteiger partial charge in [0.25, 0.3) is 5.91 Å². The number of carbonyl (C=O) groups excluding carboxylic acids is 2. The van der Waals surface area contributed by atoms with Crippen LogP contribution in [-0.4, -0.2) is 88.1 Å². The fourth-order valence-corrected chi connectivity index (χ4v) is 2.71. The molecule has 0 bridgehead atoms. The predicted molar refractivity (Wildman–Crippen MR) is 87.6 cm³/mol. The molecule has 10 heteroatoms. The minimum absolute atomic E-state index is 0.138. The maximum atomic E-state index is 12.7. The van der Waals surface area contributed by atoms with E-state index < -0.39 is 42.2 Å². The molecule has 1 rings (SSSR count). The number of carbonyl (C=O) groups is 2. The Hall–Kier alpha value is -1.17. The largest absolute Gasteiger partial charge is 0.388 e. The molecule has 9 nitrogen and oxygen atoms in total. The molecule has 1 amide bonds. The molecular formula is C16H30FN2O7+. The summed E-state index contributed by atoms with van der Waals surface area (Å²) in [5, 5.41) is 43.2. The number of rotatable bonds is 10. The first kappa shape index (κ1) is 22.9. The lowest BCUT2D eigenvalue weighted by Crippen LogP contribution is -2.96. The predicted octanol–water partition coefficient (Wildman–Crippen LogP) is -3.05. The van der Waals surface area contributed by atoms with Crippen LogP contribution in [0.15, 0.2) is 0 Å². The van der Waals surface area contributed by atoms with E-state index in [9.17, 15) is 34.4 Å². The number of nitrogens with one attached hydrogen (secondary N) is 1. The van der Waals surface area contributed by atoms with E-state index in [1.165, 1.54) is 12.2 Å². The molecule has 152 valence electrons. The van der Waals surface area contributed by atoms with E-state index in [2.05, 4.69) is 5.32 Å². The van der Waals surface area contributed by atoms with Crippen LogP contribution in [0.1, 0.15) is 33.1 Å². The zero-order valence-corrected chi connectivity index (χ0v) is 15.1.